The lowest BCUT2D eigenvalue weighted by Gasteiger charge is -2.24. The summed E-state index contributed by atoms with van der Waals surface area (Å²) >= 11 is 0. The van der Waals surface area contributed by atoms with E-state index in [9.17, 15) is 18.0 Å². The summed E-state index contributed by atoms with van der Waals surface area (Å²) in [4.78, 5) is 26.4. The van der Waals surface area contributed by atoms with Crippen LogP contribution in [0.4, 0.5) is 5.69 Å². The number of esters is 1. The van der Waals surface area contributed by atoms with Gasteiger partial charge >= 0.3 is 5.97 Å². The number of sulfonamides is 1. The molecule has 0 unspecified atom stereocenters. The van der Waals surface area contributed by atoms with Gasteiger partial charge < -0.3 is 9.64 Å². The van der Waals surface area contributed by atoms with Crippen LogP contribution in [-0.4, -0.2) is 44.9 Å². The van der Waals surface area contributed by atoms with Gasteiger partial charge in [-0.3, -0.25) is 9.10 Å². The van der Waals surface area contributed by atoms with E-state index in [1.54, 1.807) is 19.2 Å². The molecule has 0 N–H and O–H groups in total. The first-order chi connectivity index (χ1) is 16.3. The molecule has 0 aromatic heterocycles. The van der Waals surface area contributed by atoms with Crippen molar-refractivity contribution in [1.82, 2.24) is 4.90 Å². The van der Waals surface area contributed by atoms with Gasteiger partial charge in [-0.05, 0) is 48.7 Å². The van der Waals surface area contributed by atoms with Crippen LogP contribution in [0.1, 0.15) is 28.4 Å². The zero-order valence-electron chi connectivity index (χ0n) is 19.0. The first-order valence-electron chi connectivity index (χ1n) is 10.9. The fourth-order valence-corrected chi connectivity index (χ4v) is 5.81. The molecule has 34 heavy (non-hydrogen) atoms. The minimum atomic E-state index is -3.89. The van der Waals surface area contributed by atoms with Gasteiger partial charge in [0.25, 0.3) is 15.9 Å². The van der Waals surface area contributed by atoms with Crippen LogP contribution < -0.4 is 4.31 Å². The second-order valence-electron chi connectivity index (χ2n) is 8.32. The van der Waals surface area contributed by atoms with E-state index in [1.165, 1.54) is 33.5 Å². The van der Waals surface area contributed by atoms with Crippen molar-refractivity contribution in [3.05, 3.63) is 95.6 Å². The van der Waals surface area contributed by atoms with Gasteiger partial charge in [0.15, 0.2) is 6.61 Å². The summed E-state index contributed by atoms with van der Waals surface area (Å²) in [5.41, 5.74) is 2.64. The number of para-hydroxylation sites is 1. The van der Waals surface area contributed by atoms with Gasteiger partial charge in [-0.15, -0.1) is 0 Å². The van der Waals surface area contributed by atoms with E-state index in [4.69, 9.17) is 4.74 Å². The fraction of sp³-hybridized carbons (Fsp3) is 0.231. The number of ether oxygens (including phenoxy) is 1. The van der Waals surface area contributed by atoms with E-state index >= 15 is 0 Å². The maximum absolute atomic E-state index is 13.4. The third-order valence-electron chi connectivity index (χ3n) is 5.79. The molecule has 1 heterocycles. The van der Waals surface area contributed by atoms with Crippen LogP contribution in [0.2, 0.25) is 0 Å². The summed E-state index contributed by atoms with van der Waals surface area (Å²) < 4.78 is 33.4. The number of hydrogen-bond donors (Lipinski definition) is 0. The van der Waals surface area contributed by atoms with E-state index in [2.05, 4.69) is 0 Å². The molecule has 3 aromatic carbocycles. The van der Waals surface area contributed by atoms with Gasteiger partial charge in [0, 0.05) is 19.6 Å². The third kappa shape index (κ3) is 4.82. The fourth-order valence-electron chi connectivity index (χ4n) is 4.07. The number of rotatable bonds is 7. The second kappa shape index (κ2) is 9.69. The number of likely N-dealkylation sites (N-methyl/N-ethyl adjacent to an activating group) is 1. The number of fused-ring (bicyclic) bond motifs is 1. The Morgan fingerprint density at radius 2 is 1.71 bits per heavy atom. The van der Waals surface area contributed by atoms with Crippen molar-refractivity contribution in [2.24, 2.45) is 0 Å². The maximum Gasteiger partial charge on any atom is 0.338 e. The average Bonchev–Trinajstić information content (AvgIpc) is 3.19. The molecule has 176 valence electrons. The second-order valence-corrected chi connectivity index (χ2v) is 10.1. The summed E-state index contributed by atoms with van der Waals surface area (Å²) in [5, 5.41) is 0. The lowest BCUT2D eigenvalue weighted by Crippen LogP contribution is -2.35. The maximum atomic E-state index is 13.4. The predicted octanol–water partition coefficient (Wildman–Crippen LogP) is 3.64. The third-order valence-corrected chi connectivity index (χ3v) is 7.71. The van der Waals surface area contributed by atoms with Crippen molar-refractivity contribution in [2.45, 2.75) is 30.8 Å². The highest BCUT2D eigenvalue weighted by Crippen LogP contribution is 2.36. The summed E-state index contributed by atoms with van der Waals surface area (Å²) in [6.45, 7) is 1.81. The van der Waals surface area contributed by atoms with Crippen molar-refractivity contribution < 1.29 is 22.7 Å². The van der Waals surface area contributed by atoms with Crippen molar-refractivity contribution in [1.29, 1.82) is 0 Å². The molecule has 0 spiro atoms. The lowest BCUT2D eigenvalue weighted by atomic mass is 10.1. The Bertz CT molecular complexity index is 1310. The molecule has 4 rings (SSSR count). The van der Waals surface area contributed by atoms with Gasteiger partial charge in [-0.25, -0.2) is 13.2 Å². The topological polar surface area (TPSA) is 84.0 Å². The van der Waals surface area contributed by atoms with Crippen LogP contribution in [0.15, 0.2) is 83.8 Å². The molecule has 1 amide bonds. The average molecular weight is 479 g/mol. The van der Waals surface area contributed by atoms with Crippen LogP contribution in [-0.2, 0) is 32.5 Å². The van der Waals surface area contributed by atoms with Gasteiger partial charge in [-0.1, -0.05) is 54.6 Å². The first-order valence-corrected chi connectivity index (χ1v) is 12.4. The minimum Gasteiger partial charge on any atom is -0.452 e. The minimum absolute atomic E-state index is 0.00183. The Balaban J connectivity index is 1.45. The van der Waals surface area contributed by atoms with Gasteiger partial charge in [0.2, 0.25) is 0 Å². The molecule has 0 saturated carbocycles. The quantitative estimate of drug-likeness (QED) is 0.484. The number of hydrogen-bond acceptors (Lipinski definition) is 5. The summed E-state index contributed by atoms with van der Waals surface area (Å²) in [5.74, 6) is -1.11. The van der Waals surface area contributed by atoms with Crippen LogP contribution in [0.3, 0.4) is 0 Å². The predicted molar refractivity (Wildman–Crippen MR) is 129 cm³/mol. The highest BCUT2D eigenvalue weighted by Gasteiger charge is 2.36. The molecule has 0 saturated heterocycles. The van der Waals surface area contributed by atoms with E-state index in [0.717, 1.165) is 11.1 Å². The zero-order chi connectivity index (χ0) is 24.3. The van der Waals surface area contributed by atoms with Crippen LogP contribution >= 0.6 is 0 Å². The molecule has 7 nitrogen and oxygen atoms in total. The molecular formula is C26H26N2O5S. The van der Waals surface area contributed by atoms with Crippen LogP contribution in [0.25, 0.3) is 0 Å². The van der Waals surface area contributed by atoms with E-state index in [-0.39, 0.29) is 22.4 Å². The highest BCUT2D eigenvalue weighted by atomic mass is 32.2. The number of carbonyl (C=O) groups excluding carboxylic acids is 2. The largest absolute Gasteiger partial charge is 0.452 e. The van der Waals surface area contributed by atoms with Crippen molar-refractivity contribution in [2.75, 3.05) is 18.0 Å². The number of benzene rings is 3. The van der Waals surface area contributed by atoms with Crippen molar-refractivity contribution >= 4 is 27.6 Å². The molecule has 1 atom stereocenters. The monoisotopic (exact) mass is 478 g/mol. The molecule has 8 heteroatoms. The summed E-state index contributed by atoms with van der Waals surface area (Å²) in [6.07, 6.45) is 0.621. The molecule has 1 aliphatic heterocycles. The summed E-state index contributed by atoms with van der Waals surface area (Å²) in [6, 6.07) is 22.3. The van der Waals surface area contributed by atoms with Crippen molar-refractivity contribution in [3.8, 4) is 0 Å². The van der Waals surface area contributed by atoms with Gasteiger partial charge in [0.05, 0.1) is 16.1 Å². The van der Waals surface area contributed by atoms with Crippen LogP contribution in [0.5, 0.6) is 0 Å². The molecule has 0 fully saturated rings. The van der Waals surface area contributed by atoms with E-state index in [1.807, 2.05) is 49.4 Å². The Labute approximate surface area is 199 Å². The Morgan fingerprint density at radius 3 is 2.47 bits per heavy atom. The Morgan fingerprint density at radius 1 is 1.00 bits per heavy atom. The molecule has 1 aliphatic rings. The number of anilines is 1. The first kappa shape index (κ1) is 23.5. The van der Waals surface area contributed by atoms with E-state index < -0.39 is 22.6 Å². The SMILES string of the molecule is C[C@@H]1Cc2ccccc2N1S(=O)(=O)c1cccc(C(=O)OCC(=O)N(C)Cc2ccccc2)c1. The number of nitrogens with zero attached hydrogens (tertiary/aromatic N) is 2. The van der Waals surface area contributed by atoms with Crippen molar-refractivity contribution in [3.63, 3.8) is 0 Å². The molecule has 0 aliphatic carbocycles. The Kier molecular flexibility index (Phi) is 6.70. The van der Waals surface area contributed by atoms with Gasteiger partial charge in [0.1, 0.15) is 0 Å². The summed E-state index contributed by atoms with van der Waals surface area (Å²) in [7, 11) is -2.26. The normalized spacial score (nSPS) is 15.0. The van der Waals surface area contributed by atoms with Gasteiger partial charge in [-0.2, -0.15) is 0 Å². The highest BCUT2D eigenvalue weighted by molar-refractivity contribution is 7.92. The number of amides is 1. The standard InChI is InChI=1S/C26H26N2O5S/c1-19-15-21-11-6-7-14-24(21)28(19)34(31,32)23-13-8-12-22(16-23)26(30)33-18-25(29)27(2)17-20-9-4-3-5-10-20/h3-14,16,19H,15,17-18H2,1-2H3/t19-/m1/s1. The number of carbonyl (C=O) groups is 2. The smallest absolute Gasteiger partial charge is 0.338 e. The van der Waals surface area contributed by atoms with Crippen LogP contribution in [0, 0.1) is 0 Å². The molecular weight excluding hydrogens is 452 g/mol. The Hall–Kier alpha value is -3.65. The molecule has 0 radical (unpaired) electrons. The lowest BCUT2D eigenvalue weighted by molar-refractivity contribution is -0.133. The molecule has 0 bridgehead atoms. The van der Waals surface area contributed by atoms with E-state index in [0.29, 0.717) is 18.7 Å². The zero-order valence-corrected chi connectivity index (χ0v) is 19.9. The molecule has 3 aromatic rings.